The van der Waals surface area contributed by atoms with Crippen LogP contribution in [0.25, 0.3) is 0 Å². The first-order valence-corrected chi connectivity index (χ1v) is 6.66. The van der Waals surface area contributed by atoms with Crippen LogP contribution in [0, 0.1) is 6.92 Å². The van der Waals surface area contributed by atoms with Gasteiger partial charge in [0.25, 0.3) is 0 Å². The maximum atomic E-state index is 6.27. The first kappa shape index (κ1) is 14.1. The summed E-state index contributed by atoms with van der Waals surface area (Å²) in [5, 5.41) is 5.01. The predicted octanol–water partition coefficient (Wildman–Crippen LogP) is 2.28. The molecule has 5 nitrogen and oxygen atoms in total. The average molecular weight is 283 g/mol. The Kier molecular flexibility index (Phi) is 4.29. The van der Waals surface area contributed by atoms with E-state index in [1.165, 1.54) is 0 Å². The molecular formula is C13H19ClN4O. The summed E-state index contributed by atoms with van der Waals surface area (Å²) >= 11 is 6.27. The maximum Gasteiger partial charge on any atom is 0.108 e. The molecular weight excluding hydrogens is 264 g/mol. The first-order valence-electron chi connectivity index (χ1n) is 6.28. The minimum atomic E-state index is -0.0407. The predicted molar refractivity (Wildman–Crippen MR) is 74.8 cm³/mol. The number of furan rings is 1. The SMILES string of the molecule is CCc1occc1C(Cc1c(Cl)c(C)nn1C)NN. The van der Waals surface area contributed by atoms with Crippen molar-refractivity contribution in [2.75, 3.05) is 0 Å². The molecule has 1 atom stereocenters. The minimum absolute atomic E-state index is 0.0407. The van der Waals surface area contributed by atoms with Gasteiger partial charge in [0, 0.05) is 25.5 Å². The molecule has 2 aromatic rings. The van der Waals surface area contributed by atoms with Crippen molar-refractivity contribution in [3.63, 3.8) is 0 Å². The van der Waals surface area contributed by atoms with E-state index in [0.29, 0.717) is 11.4 Å². The fourth-order valence-electron chi connectivity index (χ4n) is 2.30. The Balaban J connectivity index is 2.29. The van der Waals surface area contributed by atoms with Crippen LogP contribution >= 0.6 is 11.6 Å². The molecule has 0 aromatic carbocycles. The lowest BCUT2D eigenvalue weighted by Crippen LogP contribution is -2.30. The highest BCUT2D eigenvalue weighted by molar-refractivity contribution is 6.31. The van der Waals surface area contributed by atoms with Gasteiger partial charge in [-0.25, -0.2) is 0 Å². The van der Waals surface area contributed by atoms with Gasteiger partial charge in [-0.2, -0.15) is 5.10 Å². The fourth-order valence-corrected chi connectivity index (χ4v) is 2.54. The van der Waals surface area contributed by atoms with E-state index in [1.54, 1.807) is 10.9 Å². The topological polar surface area (TPSA) is 69.0 Å². The standard InChI is InChI=1S/C13H19ClN4O/c1-4-12-9(5-6-19-12)10(16-15)7-11-13(14)8(2)17-18(11)3/h5-6,10,16H,4,7,15H2,1-3H3. The Bertz CT molecular complexity index is 561. The Morgan fingerprint density at radius 1 is 1.58 bits per heavy atom. The highest BCUT2D eigenvalue weighted by atomic mass is 35.5. The van der Waals surface area contributed by atoms with Crippen molar-refractivity contribution in [1.29, 1.82) is 0 Å². The zero-order valence-corrected chi connectivity index (χ0v) is 12.2. The summed E-state index contributed by atoms with van der Waals surface area (Å²) in [6.45, 7) is 3.95. The molecule has 3 N–H and O–H groups in total. The van der Waals surface area contributed by atoms with Crippen LogP contribution in [0.2, 0.25) is 5.02 Å². The summed E-state index contributed by atoms with van der Waals surface area (Å²) in [7, 11) is 1.89. The van der Waals surface area contributed by atoms with Crippen molar-refractivity contribution >= 4 is 11.6 Å². The summed E-state index contributed by atoms with van der Waals surface area (Å²) in [6, 6.07) is 1.90. The van der Waals surface area contributed by atoms with Crippen LogP contribution in [-0.4, -0.2) is 9.78 Å². The zero-order valence-electron chi connectivity index (χ0n) is 11.4. The normalized spacial score (nSPS) is 12.9. The van der Waals surface area contributed by atoms with E-state index in [4.69, 9.17) is 21.9 Å². The fraction of sp³-hybridized carbons (Fsp3) is 0.462. The lowest BCUT2D eigenvalue weighted by molar-refractivity contribution is 0.481. The number of rotatable bonds is 5. The Morgan fingerprint density at radius 2 is 2.32 bits per heavy atom. The molecule has 0 aliphatic heterocycles. The molecule has 0 amide bonds. The Morgan fingerprint density at radius 3 is 2.84 bits per heavy atom. The van der Waals surface area contributed by atoms with Gasteiger partial charge in [0.2, 0.25) is 0 Å². The zero-order chi connectivity index (χ0) is 14.0. The Hall–Kier alpha value is -1.30. The molecule has 1 unspecified atom stereocenters. The molecule has 0 spiro atoms. The van der Waals surface area contributed by atoms with E-state index in [2.05, 4.69) is 17.4 Å². The molecule has 0 saturated carbocycles. The third-order valence-electron chi connectivity index (χ3n) is 3.34. The summed E-state index contributed by atoms with van der Waals surface area (Å²) < 4.78 is 7.25. The number of halogens is 1. The van der Waals surface area contributed by atoms with Crippen LogP contribution in [0.3, 0.4) is 0 Å². The average Bonchev–Trinajstić information content (AvgIpc) is 2.95. The minimum Gasteiger partial charge on any atom is -0.469 e. The van der Waals surface area contributed by atoms with Gasteiger partial charge in [0.15, 0.2) is 0 Å². The van der Waals surface area contributed by atoms with Gasteiger partial charge < -0.3 is 4.42 Å². The van der Waals surface area contributed by atoms with Gasteiger partial charge >= 0.3 is 0 Å². The van der Waals surface area contributed by atoms with E-state index < -0.39 is 0 Å². The van der Waals surface area contributed by atoms with Crippen molar-refractivity contribution in [2.45, 2.75) is 32.7 Å². The van der Waals surface area contributed by atoms with Crippen LogP contribution in [0.5, 0.6) is 0 Å². The maximum absolute atomic E-state index is 6.27. The van der Waals surface area contributed by atoms with E-state index in [9.17, 15) is 0 Å². The van der Waals surface area contributed by atoms with Crippen molar-refractivity contribution in [2.24, 2.45) is 12.9 Å². The number of nitrogens with zero attached hydrogens (tertiary/aromatic N) is 2. The third kappa shape index (κ3) is 2.68. The van der Waals surface area contributed by atoms with Crippen LogP contribution in [0.15, 0.2) is 16.7 Å². The number of aromatic nitrogens is 2. The summed E-state index contributed by atoms with van der Waals surface area (Å²) in [6.07, 6.45) is 3.19. The first-order chi connectivity index (χ1) is 9.08. The van der Waals surface area contributed by atoms with Crippen LogP contribution < -0.4 is 11.3 Å². The van der Waals surface area contributed by atoms with Crippen LogP contribution in [0.1, 0.15) is 35.7 Å². The second kappa shape index (κ2) is 5.77. The van der Waals surface area contributed by atoms with Gasteiger partial charge in [-0.15, -0.1) is 0 Å². The second-order valence-corrected chi connectivity index (χ2v) is 4.92. The molecule has 0 bridgehead atoms. The van der Waals surface area contributed by atoms with E-state index >= 15 is 0 Å². The van der Waals surface area contributed by atoms with Crippen molar-refractivity contribution < 1.29 is 4.42 Å². The van der Waals surface area contributed by atoms with Crippen LogP contribution in [0.4, 0.5) is 0 Å². The molecule has 19 heavy (non-hydrogen) atoms. The number of hydrazine groups is 1. The monoisotopic (exact) mass is 282 g/mol. The van der Waals surface area contributed by atoms with Crippen molar-refractivity contribution in [3.05, 3.63) is 40.1 Å². The number of hydrogen-bond donors (Lipinski definition) is 2. The van der Waals surface area contributed by atoms with Gasteiger partial charge in [-0.05, 0) is 13.0 Å². The molecule has 2 aromatic heterocycles. The smallest absolute Gasteiger partial charge is 0.108 e. The largest absolute Gasteiger partial charge is 0.469 e. The van der Waals surface area contributed by atoms with Crippen LogP contribution in [-0.2, 0) is 19.9 Å². The lowest BCUT2D eigenvalue weighted by atomic mass is 10.0. The van der Waals surface area contributed by atoms with E-state index in [1.807, 2.05) is 20.0 Å². The van der Waals surface area contributed by atoms with E-state index in [0.717, 1.165) is 29.1 Å². The number of nitrogens with two attached hydrogens (primary N) is 1. The molecule has 0 radical (unpaired) electrons. The highest BCUT2D eigenvalue weighted by Crippen LogP contribution is 2.27. The number of nitrogens with one attached hydrogen (secondary N) is 1. The molecule has 0 aliphatic carbocycles. The molecule has 6 heteroatoms. The van der Waals surface area contributed by atoms with Gasteiger partial charge in [-0.1, -0.05) is 18.5 Å². The summed E-state index contributed by atoms with van der Waals surface area (Å²) in [5.74, 6) is 6.62. The number of hydrogen-bond acceptors (Lipinski definition) is 4. The van der Waals surface area contributed by atoms with Gasteiger partial charge in [0.1, 0.15) is 5.76 Å². The molecule has 0 aliphatic rings. The van der Waals surface area contributed by atoms with Crippen molar-refractivity contribution in [1.82, 2.24) is 15.2 Å². The molecule has 2 rings (SSSR count). The third-order valence-corrected chi connectivity index (χ3v) is 3.83. The molecule has 104 valence electrons. The van der Waals surface area contributed by atoms with Gasteiger partial charge in [0.05, 0.1) is 28.7 Å². The summed E-state index contributed by atoms with van der Waals surface area (Å²) in [4.78, 5) is 0. The molecule has 0 fully saturated rings. The van der Waals surface area contributed by atoms with Gasteiger partial charge in [-0.3, -0.25) is 16.0 Å². The lowest BCUT2D eigenvalue weighted by Gasteiger charge is -2.16. The number of aryl methyl sites for hydroxylation is 3. The molecule has 0 saturated heterocycles. The molecule has 2 heterocycles. The Labute approximate surface area is 117 Å². The van der Waals surface area contributed by atoms with E-state index in [-0.39, 0.29) is 6.04 Å². The highest BCUT2D eigenvalue weighted by Gasteiger charge is 2.20. The second-order valence-electron chi connectivity index (χ2n) is 4.55. The summed E-state index contributed by atoms with van der Waals surface area (Å²) in [5.41, 5.74) is 5.70. The quantitative estimate of drug-likeness (QED) is 0.652. The van der Waals surface area contributed by atoms with Crippen molar-refractivity contribution in [3.8, 4) is 0 Å².